The number of nitrogens with zero attached hydrogens (tertiary/aromatic N) is 2. The van der Waals surface area contributed by atoms with Crippen molar-refractivity contribution in [1.29, 1.82) is 10.8 Å². The van der Waals surface area contributed by atoms with Gasteiger partial charge < -0.3 is 20.1 Å². The van der Waals surface area contributed by atoms with Crippen molar-refractivity contribution in [3.8, 4) is 11.5 Å². The van der Waals surface area contributed by atoms with Gasteiger partial charge in [0.15, 0.2) is 17.5 Å². The molecular weight excluding hydrogens is 234 g/mol. The quantitative estimate of drug-likeness (QED) is 0.500. The second-order valence-electron chi connectivity index (χ2n) is 3.84. The zero-order valence-electron chi connectivity index (χ0n) is 10.2. The molecule has 18 heavy (non-hydrogen) atoms. The highest BCUT2D eigenvalue weighted by Gasteiger charge is 2.23. The standard InChI is InChI=1S/C11H15N5O2/c1-15(11(14)16(2)10(12)13)7-4-3-5-8-9(7)18-6-17-8/h3-5,14H,6H2,1-2H3,(H3,12,13). The van der Waals surface area contributed by atoms with E-state index in [0.717, 1.165) is 0 Å². The van der Waals surface area contributed by atoms with Gasteiger partial charge in [-0.15, -0.1) is 0 Å². The van der Waals surface area contributed by atoms with Gasteiger partial charge in [0.2, 0.25) is 12.8 Å². The highest BCUT2D eigenvalue weighted by atomic mass is 16.7. The molecule has 4 N–H and O–H groups in total. The summed E-state index contributed by atoms with van der Waals surface area (Å²) in [7, 11) is 3.26. The molecule has 0 saturated heterocycles. The average Bonchev–Trinajstić information content (AvgIpc) is 2.83. The van der Waals surface area contributed by atoms with Crippen LogP contribution in [0.3, 0.4) is 0 Å². The van der Waals surface area contributed by atoms with E-state index in [0.29, 0.717) is 17.2 Å². The van der Waals surface area contributed by atoms with Crippen molar-refractivity contribution in [1.82, 2.24) is 4.90 Å². The third-order valence-electron chi connectivity index (χ3n) is 2.73. The first-order valence-electron chi connectivity index (χ1n) is 5.31. The monoisotopic (exact) mass is 249 g/mol. The maximum Gasteiger partial charge on any atom is 0.231 e. The molecule has 7 nitrogen and oxygen atoms in total. The average molecular weight is 249 g/mol. The van der Waals surface area contributed by atoms with Crippen molar-refractivity contribution in [3.63, 3.8) is 0 Å². The molecule has 0 fully saturated rings. The molecule has 1 aromatic carbocycles. The molecule has 96 valence electrons. The summed E-state index contributed by atoms with van der Waals surface area (Å²) in [5, 5.41) is 15.3. The number of para-hydroxylation sites is 1. The fourth-order valence-corrected chi connectivity index (χ4v) is 1.63. The minimum atomic E-state index is -0.198. The molecule has 0 unspecified atom stereocenters. The lowest BCUT2D eigenvalue weighted by Crippen LogP contribution is -2.45. The second-order valence-corrected chi connectivity index (χ2v) is 3.84. The lowest BCUT2D eigenvalue weighted by molar-refractivity contribution is 0.174. The van der Waals surface area contributed by atoms with Crippen LogP contribution in [0.1, 0.15) is 0 Å². The molecule has 0 atom stereocenters. The Bertz CT molecular complexity index is 502. The molecule has 0 saturated carbocycles. The van der Waals surface area contributed by atoms with Crippen molar-refractivity contribution in [3.05, 3.63) is 18.2 Å². The van der Waals surface area contributed by atoms with Crippen molar-refractivity contribution in [2.75, 3.05) is 25.8 Å². The maximum atomic E-state index is 7.97. The number of fused-ring (bicyclic) bond motifs is 1. The molecule has 1 aliphatic heterocycles. The van der Waals surface area contributed by atoms with Gasteiger partial charge in [-0.05, 0) is 12.1 Å². The first-order chi connectivity index (χ1) is 8.52. The minimum absolute atomic E-state index is 0.0754. The Morgan fingerprint density at radius 2 is 2.00 bits per heavy atom. The summed E-state index contributed by atoms with van der Waals surface area (Å²) < 4.78 is 10.7. The van der Waals surface area contributed by atoms with Crippen LogP contribution in [0.25, 0.3) is 0 Å². The number of benzene rings is 1. The Morgan fingerprint density at radius 3 is 2.67 bits per heavy atom. The maximum absolute atomic E-state index is 7.97. The Kier molecular flexibility index (Phi) is 2.97. The Labute approximate surface area is 105 Å². The van der Waals surface area contributed by atoms with Gasteiger partial charge in [-0.2, -0.15) is 0 Å². The number of hydrogen-bond donors (Lipinski definition) is 3. The summed E-state index contributed by atoms with van der Waals surface area (Å²) in [6, 6.07) is 5.44. The van der Waals surface area contributed by atoms with Gasteiger partial charge in [0.05, 0.1) is 5.69 Å². The van der Waals surface area contributed by atoms with E-state index >= 15 is 0 Å². The first-order valence-corrected chi connectivity index (χ1v) is 5.31. The first kappa shape index (κ1) is 12.0. The van der Waals surface area contributed by atoms with Gasteiger partial charge in [0, 0.05) is 14.1 Å². The highest BCUT2D eigenvalue weighted by Crippen LogP contribution is 2.40. The van der Waals surface area contributed by atoms with Gasteiger partial charge in [0.25, 0.3) is 0 Å². The van der Waals surface area contributed by atoms with Gasteiger partial charge in [-0.25, -0.2) is 0 Å². The Hall–Kier alpha value is -2.44. The van der Waals surface area contributed by atoms with Crippen LogP contribution in [0.4, 0.5) is 5.69 Å². The fourth-order valence-electron chi connectivity index (χ4n) is 1.63. The molecule has 7 heteroatoms. The number of ether oxygens (including phenoxy) is 2. The predicted octanol–water partition coefficient (Wildman–Crippen LogP) is 0.612. The largest absolute Gasteiger partial charge is 0.454 e. The van der Waals surface area contributed by atoms with Gasteiger partial charge in [-0.1, -0.05) is 6.07 Å². The summed E-state index contributed by atoms with van der Waals surface area (Å²) in [6.45, 7) is 0.177. The smallest absolute Gasteiger partial charge is 0.231 e. The molecule has 2 rings (SSSR count). The lowest BCUT2D eigenvalue weighted by atomic mass is 10.2. The minimum Gasteiger partial charge on any atom is -0.454 e. The van der Waals surface area contributed by atoms with Crippen molar-refractivity contribution in [2.45, 2.75) is 0 Å². The normalized spacial score (nSPS) is 12.1. The van der Waals surface area contributed by atoms with Crippen LogP contribution in [-0.4, -0.2) is 37.7 Å². The van der Waals surface area contributed by atoms with Crippen LogP contribution in [-0.2, 0) is 0 Å². The van der Waals surface area contributed by atoms with Crippen molar-refractivity contribution >= 4 is 17.6 Å². The van der Waals surface area contributed by atoms with E-state index in [1.54, 1.807) is 25.1 Å². The van der Waals surface area contributed by atoms with Crippen LogP contribution < -0.4 is 20.1 Å². The van der Waals surface area contributed by atoms with E-state index in [4.69, 9.17) is 26.0 Å². The SMILES string of the molecule is CN(C(=N)N)C(=N)N(C)c1cccc2c1OCO2. The topological polar surface area (TPSA) is 98.7 Å². The number of anilines is 1. The molecule has 0 amide bonds. The van der Waals surface area contributed by atoms with E-state index in [1.165, 1.54) is 4.90 Å². The predicted molar refractivity (Wildman–Crippen MR) is 68.4 cm³/mol. The van der Waals surface area contributed by atoms with E-state index < -0.39 is 0 Å². The van der Waals surface area contributed by atoms with Crippen LogP contribution in [0.15, 0.2) is 18.2 Å². The molecular formula is C11H15N5O2. The molecule has 1 heterocycles. The summed E-state index contributed by atoms with van der Waals surface area (Å²) in [6.07, 6.45) is 0. The second kappa shape index (κ2) is 4.44. The fraction of sp³-hybridized carbons (Fsp3) is 0.273. The summed E-state index contributed by atoms with van der Waals surface area (Å²) in [5.74, 6) is 1.13. The van der Waals surface area contributed by atoms with Crippen LogP contribution in [0, 0.1) is 10.8 Å². The van der Waals surface area contributed by atoms with Gasteiger partial charge >= 0.3 is 0 Å². The number of rotatable bonds is 1. The summed E-state index contributed by atoms with van der Waals surface area (Å²) >= 11 is 0. The third-order valence-corrected chi connectivity index (χ3v) is 2.73. The van der Waals surface area contributed by atoms with Gasteiger partial charge in [-0.3, -0.25) is 15.7 Å². The van der Waals surface area contributed by atoms with Crippen LogP contribution in [0.2, 0.25) is 0 Å². The van der Waals surface area contributed by atoms with Gasteiger partial charge in [0.1, 0.15) is 0 Å². The highest BCUT2D eigenvalue weighted by molar-refractivity contribution is 6.04. The number of nitrogens with two attached hydrogens (primary N) is 1. The number of hydrogen-bond acceptors (Lipinski definition) is 4. The molecule has 1 aliphatic rings. The zero-order chi connectivity index (χ0) is 13.3. The number of nitrogens with one attached hydrogen (secondary N) is 2. The molecule has 0 spiro atoms. The molecule has 0 aromatic heterocycles. The van der Waals surface area contributed by atoms with Crippen LogP contribution in [0.5, 0.6) is 11.5 Å². The summed E-state index contributed by atoms with van der Waals surface area (Å²) in [5.41, 5.74) is 6.05. The van der Waals surface area contributed by atoms with E-state index in [2.05, 4.69) is 0 Å². The van der Waals surface area contributed by atoms with Crippen LogP contribution >= 0.6 is 0 Å². The molecule has 0 bridgehead atoms. The van der Waals surface area contributed by atoms with Crippen molar-refractivity contribution in [2.24, 2.45) is 5.73 Å². The molecule has 1 aromatic rings. The van der Waals surface area contributed by atoms with E-state index in [1.807, 2.05) is 12.1 Å². The van der Waals surface area contributed by atoms with E-state index in [9.17, 15) is 0 Å². The number of guanidine groups is 2. The Morgan fingerprint density at radius 1 is 1.28 bits per heavy atom. The zero-order valence-corrected chi connectivity index (χ0v) is 10.2. The van der Waals surface area contributed by atoms with E-state index in [-0.39, 0.29) is 18.7 Å². The third kappa shape index (κ3) is 1.90. The van der Waals surface area contributed by atoms with Crippen molar-refractivity contribution < 1.29 is 9.47 Å². The molecule has 0 aliphatic carbocycles. The lowest BCUT2D eigenvalue weighted by Gasteiger charge is -2.27. The Balaban J connectivity index is 2.30. The molecule has 0 radical (unpaired) electrons. The summed E-state index contributed by atoms with van der Waals surface area (Å²) in [4.78, 5) is 2.84.